The number of hydrogen-bond donors (Lipinski definition) is 1. The maximum absolute atomic E-state index is 5.69. The predicted octanol–water partition coefficient (Wildman–Crippen LogP) is 2.35. The third-order valence-electron chi connectivity index (χ3n) is 2.96. The van der Waals surface area contributed by atoms with Gasteiger partial charge in [0.2, 0.25) is 0 Å². The van der Waals surface area contributed by atoms with Gasteiger partial charge in [0, 0.05) is 31.4 Å². The van der Waals surface area contributed by atoms with E-state index in [0.717, 1.165) is 35.0 Å². The normalized spacial score (nSPS) is 13.7. The van der Waals surface area contributed by atoms with E-state index in [1.807, 2.05) is 25.2 Å². The summed E-state index contributed by atoms with van der Waals surface area (Å²) in [5, 5.41) is 3.04. The van der Waals surface area contributed by atoms with Crippen molar-refractivity contribution >= 4 is 5.82 Å². The van der Waals surface area contributed by atoms with E-state index in [0.29, 0.717) is 13.2 Å². The first-order valence-corrected chi connectivity index (χ1v) is 6.27. The van der Waals surface area contributed by atoms with Crippen LogP contribution in [-0.2, 0) is 0 Å². The highest BCUT2D eigenvalue weighted by atomic mass is 16.5. The van der Waals surface area contributed by atoms with Gasteiger partial charge in [-0.25, -0.2) is 4.98 Å². The molecule has 98 valence electrons. The Morgan fingerprint density at radius 1 is 1.05 bits per heavy atom. The largest absolute Gasteiger partial charge is 0.490 e. The standard InChI is InChI=1S/C14H15N3O2/c1-15-14-13(16-5-6-17-14)10-3-4-11-12(9-10)19-8-2-7-18-11/h3-6,9H,2,7-8H2,1H3,(H,15,17). The van der Waals surface area contributed by atoms with Gasteiger partial charge in [0.25, 0.3) is 0 Å². The summed E-state index contributed by atoms with van der Waals surface area (Å²) in [6.45, 7) is 1.37. The lowest BCUT2D eigenvalue weighted by Crippen LogP contribution is -1.98. The van der Waals surface area contributed by atoms with Crippen molar-refractivity contribution in [1.82, 2.24) is 9.97 Å². The first-order valence-electron chi connectivity index (χ1n) is 6.27. The molecule has 0 spiro atoms. The number of fused-ring (bicyclic) bond motifs is 1. The molecule has 0 amide bonds. The van der Waals surface area contributed by atoms with Gasteiger partial charge >= 0.3 is 0 Å². The molecule has 0 radical (unpaired) electrons. The van der Waals surface area contributed by atoms with Crippen LogP contribution in [0.4, 0.5) is 5.82 Å². The van der Waals surface area contributed by atoms with Gasteiger partial charge < -0.3 is 14.8 Å². The third kappa shape index (κ3) is 2.31. The first kappa shape index (κ1) is 11.8. The molecule has 0 aliphatic carbocycles. The Bertz CT molecular complexity index is 587. The Morgan fingerprint density at radius 3 is 2.68 bits per heavy atom. The Balaban J connectivity index is 2.04. The van der Waals surface area contributed by atoms with Gasteiger partial charge in [0.15, 0.2) is 17.3 Å². The summed E-state index contributed by atoms with van der Waals surface area (Å²) >= 11 is 0. The van der Waals surface area contributed by atoms with E-state index < -0.39 is 0 Å². The lowest BCUT2D eigenvalue weighted by Gasteiger charge is -2.10. The van der Waals surface area contributed by atoms with E-state index in [1.165, 1.54) is 0 Å². The molecule has 1 aliphatic rings. The number of nitrogens with zero attached hydrogens (tertiary/aromatic N) is 2. The van der Waals surface area contributed by atoms with Crippen LogP contribution in [0.2, 0.25) is 0 Å². The smallest absolute Gasteiger partial charge is 0.161 e. The number of aromatic nitrogens is 2. The molecular formula is C14H15N3O2. The average molecular weight is 257 g/mol. The lowest BCUT2D eigenvalue weighted by atomic mass is 10.1. The Kier molecular flexibility index (Phi) is 3.18. The van der Waals surface area contributed by atoms with Crippen molar-refractivity contribution in [3.63, 3.8) is 0 Å². The van der Waals surface area contributed by atoms with E-state index in [-0.39, 0.29) is 0 Å². The van der Waals surface area contributed by atoms with Gasteiger partial charge in [-0.2, -0.15) is 0 Å². The maximum Gasteiger partial charge on any atom is 0.161 e. The molecule has 1 aromatic heterocycles. The van der Waals surface area contributed by atoms with Crippen molar-refractivity contribution in [3.05, 3.63) is 30.6 Å². The second kappa shape index (κ2) is 5.14. The van der Waals surface area contributed by atoms with Crippen LogP contribution in [-0.4, -0.2) is 30.2 Å². The van der Waals surface area contributed by atoms with Gasteiger partial charge in [0.05, 0.1) is 13.2 Å². The molecule has 3 rings (SSSR count). The van der Waals surface area contributed by atoms with Crippen molar-refractivity contribution in [3.8, 4) is 22.8 Å². The first-order chi connectivity index (χ1) is 9.38. The highest BCUT2D eigenvalue weighted by Crippen LogP contribution is 2.35. The van der Waals surface area contributed by atoms with Crippen molar-refractivity contribution in [2.75, 3.05) is 25.6 Å². The number of hydrogen-bond acceptors (Lipinski definition) is 5. The fourth-order valence-electron chi connectivity index (χ4n) is 2.04. The molecule has 2 heterocycles. The molecule has 2 aromatic rings. The zero-order chi connectivity index (χ0) is 13.1. The molecule has 0 saturated heterocycles. The lowest BCUT2D eigenvalue weighted by molar-refractivity contribution is 0.297. The zero-order valence-corrected chi connectivity index (χ0v) is 10.7. The third-order valence-corrected chi connectivity index (χ3v) is 2.96. The topological polar surface area (TPSA) is 56.3 Å². The summed E-state index contributed by atoms with van der Waals surface area (Å²) in [6, 6.07) is 5.84. The van der Waals surface area contributed by atoms with Gasteiger partial charge in [0.1, 0.15) is 5.69 Å². The summed E-state index contributed by atoms with van der Waals surface area (Å²) in [4.78, 5) is 8.63. The summed E-state index contributed by atoms with van der Waals surface area (Å²) in [5.74, 6) is 2.30. The highest BCUT2D eigenvalue weighted by molar-refractivity contribution is 5.73. The van der Waals surface area contributed by atoms with Gasteiger partial charge in [-0.15, -0.1) is 0 Å². The van der Waals surface area contributed by atoms with Crippen molar-refractivity contribution in [1.29, 1.82) is 0 Å². The second-order valence-corrected chi connectivity index (χ2v) is 4.22. The summed E-state index contributed by atoms with van der Waals surface area (Å²) in [5.41, 5.74) is 1.77. The summed E-state index contributed by atoms with van der Waals surface area (Å²) in [6.07, 6.45) is 4.24. The van der Waals surface area contributed by atoms with Gasteiger partial charge in [-0.1, -0.05) is 0 Å². The number of ether oxygens (including phenoxy) is 2. The van der Waals surface area contributed by atoms with E-state index in [4.69, 9.17) is 9.47 Å². The van der Waals surface area contributed by atoms with Crippen molar-refractivity contribution in [2.45, 2.75) is 6.42 Å². The predicted molar refractivity (Wildman–Crippen MR) is 72.6 cm³/mol. The number of rotatable bonds is 2. The van der Waals surface area contributed by atoms with E-state index in [9.17, 15) is 0 Å². The summed E-state index contributed by atoms with van der Waals surface area (Å²) < 4.78 is 11.3. The number of nitrogens with one attached hydrogen (secondary N) is 1. The fraction of sp³-hybridized carbons (Fsp3) is 0.286. The van der Waals surface area contributed by atoms with Crippen LogP contribution in [0, 0.1) is 0 Å². The molecular weight excluding hydrogens is 242 g/mol. The highest BCUT2D eigenvalue weighted by Gasteiger charge is 2.13. The minimum Gasteiger partial charge on any atom is -0.490 e. The molecule has 0 fully saturated rings. The molecule has 19 heavy (non-hydrogen) atoms. The molecule has 1 aromatic carbocycles. The molecule has 1 N–H and O–H groups in total. The van der Waals surface area contributed by atoms with E-state index >= 15 is 0 Å². The van der Waals surface area contributed by atoms with E-state index in [2.05, 4.69) is 15.3 Å². The Labute approximate surface area is 111 Å². The Morgan fingerprint density at radius 2 is 1.84 bits per heavy atom. The zero-order valence-electron chi connectivity index (χ0n) is 10.7. The van der Waals surface area contributed by atoms with Crippen LogP contribution >= 0.6 is 0 Å². The maximum atomic E-state index is 5.69. The molecule has 0 atom stereocenters. The van der Waals surface area contributed by atoms with Crippen LogP contribution in [0.25, 0.3) is 11.3 Å². The molecule has 1 aliphatic heterocycles. The molecule has 5 nitrogen and oxygen atoms in total. The van der Waals surface area contributed by atoms with Gasteiger partial charge in [-0.05, 0) is 18.2 Å². The van der Waals surface area contributed by atoms with Crippen LogP contribution < -0.4 is 14.8 Å². The van der Waals surface area contributed by atoms with Gasteiger partial charge in [-0.3, -0.25) is 4.98 Å². The number of anilines is 1. The minimum atomic E-state index is 0.676. The quantitative estimate of drug-likeness (QED) is 0.895. The van der Waals surface area contributed by atoms with E-state index in [1.54, 1.807) is 12.4 Å². The van der Waals surface area contributed by atoms with Crippen molar-refractivity contribution in [2.24, 2.45) is 0 Å². The molecule has 5 heteroatoms. The average Bonchev–Trinajstić information content (AvgIpc) is 2.71. The SMILES string of the molecule is CNc1nccnc1-c1ccc2c(c1)OCCCO2. The Hall–Kier alpha value is -2.30. The molecule has 0 unspecified atom stereocenters. The van der Waals surface area contributed by atoms with Crippen LogP contribution in [0.5, 0.6) is 11.5 Å². The fourth-order valence-corrected chi connectivity index (χ4v) is 2.04. The molecule has 0 saturated carbocycles. The van der Waals surface area contributed by atoms with Crippen molar-refractivity contribution < 1.29 is 9.47 Å². The van der Waals surface area contributed by atoms with Crippen LogP contribution in [0.15, 0.2) is 30.6 Å². The number of benzene rings is 1. The second-order valence-electron chi connectivity index (χ2n) is 4.22. The minimum absolute atomic E-state index is 0.676. The summed E-state index contributed by atoms with van der Waals surface area (Å²) in [7, 11) is 1.83. The monoisotopic (exact) mass is 257 g/mol. The van der Waals surface area contributed by atoms with Crippen LogP contribution in [0.1, 0.15) is 6.42 Å². The molecule has 0 bridgehead atoms. The van der Waals surface area contributed by atoms with Crippen LogP contribution in [0.3, 0.4) is 0 Å².